The normalized spacial score (nSPS) is 10.6. The first-order valence-corrected chi connectivity index (χ1v) is 5.78. The molecular weight excluding hydrogens is 230 g/mol. The van der Waals surface area contributed by atoms with Crippen LogP contribution in [-0.2, 0) is 13.0 Å². The second-order valence-electron chi connectivity index (χ2n) is 4.03. The van der Waals surface area contributed by atoms with Crippen LogP contribution in [0.25, 0.3) is 0 Å². The molecule has 2 aromatic rings. The molecule has 0 atom stereocenters. The highest BCUT2D eigenvalue weighted by molar-refractivity contribution is 5.39. The average molecular weight is 247 g/mol. The monoisotopic (exact) mass is 247 g/mol. The summed E-state index contributed by atoms with van der Waals surface area (Å²) in [7, 11) is 1.64. The van der Waals surface area contributed by atoms with Crippen molar-refractivity contribution < 1.29 is 9.84 Å². The van der Waals surface area contributed by atoms with Gasteiger partial charge in [-0.15, -0.1) is 0 Å². The van der Waals surface area contributed by atoms with E-state index < -0.39 is 0 Å². The fraction of sp³-hybridized carbons (Fsp3) is 0.308. The Morgan fingerprint density at radius 1 is 1.33 bits per heavy atom. The van der Waals surface area contributed by atoms with Crippen molar-refractivity contribution in [1.29, 1.82) is 0 Å². The van der Waals surface area contributed by atoms with E-state index in [0.29, 0.717) is 18.8 Å². The molecule has 96 valence electrons. The molecule has 5 nitrogen and oxygen atoms in total. The van der Waals surface area contributed by atoms with Crippen molar-refractivity contribution in [2.45, 2.75) is 13.0 Å². The Balaban J connectivity index is 2.12. The van der Waals surface area contributed by atoms with E-state index in [9.17, 15) is 0 Å². The lowest BCUT2D eigenvalue weighted by molar-refractivity contribution is 0.300. The summed E-state index contributed by atoms with van der Waals surface area (Å²) in [5, 5.41) is 13.1. The molecule has 0 aliphatic rings. The van der Waals surface area contributed by atoms with E-state index in [1.165, 1.54) is 0 Å². The van der Waals surface area contributed by atoms with E-state index in [4.69, 9.17) is 15.6 Å². The lowest BCUT2D eigenvalue weighted by Gasteiger charge is -2.06. The maximum atomic E-state index is 8.89. The van der Waals surface area contributed by atoms with Crippen molar-refractivity contribution in [3.63, 3.8) is 0 Å². The van der Waals surface area contributed by atoms with E-state index in [1.54, 1.807) is 18.0 Å². The van der Waals surface area contributed by atoms with Gasteiger partial charge in [0.2, 0.25) is 0 Å². The van der Waals surface area contributed by atoms with Gasteiger partial charge in [-0.05, 0) is 17.7 Å². The smallest absolute Gasteiger partial charge is 0.125 e. The minimum Gasteiger partial charge on any atom is -0.497 e. The summed E-state index contributed by atoms with van der Waals surface area (Å²) < 4.78 is 6.83. The first-order valence-electron chi connectivity index (χ1n) is 5.78. The maximum Gasteiger partial charge on any atom is 0.125 e. The van der Waals surface area contributed by atoms with Crippen molar-refractivity contribution in [3.8, 4) is 5.75 Å². The Labute approximate surface area is 106 Å². The molecule has 0 aliphatic carbocycles. The molecule has 1 heterocycles. The van der Waals surface area contributed by atoms with E-state index in [-0.39, 0.29) is 6.61 Å². The quantitative estimate of drug-likeness (QED) is 0.828. The van der Waals surface area contributed by atoms with Gasteiger partial charge >= 0.3 is 0 Å². The molecule has 3 N–H and O–H groups in total. The second kappa shape index (κ2) is 5.55. The predicted octanol–water partition coefficient (Wildman–Crippen LogP) is 1.06. The van der Waals surface area contributed by atoms with E-state index >= 15 is 0 Å². The van der Waals surface area contributed by atoms with E-state index in [2.05, 4.69) is 5.10 Å². The summed E-state index contributed by atoms with van der Waals surface area (Å²) in [5.41, 5.74) is 7.94. The van der Waals surface area contributed by atoms with Crippen molar-refractivity contribution >= 4 is 5.82 Å². The zero-order valence-electron chi connectivity index (χ0n) is 10.3. The van der Waals surface area contributed by atoms with Gasteiger partial charge in [0.25, 0.3) is 0 Å². The molecular formula is C13H17N3O2. The number of rotatable bonds is 5. The third-order valence-electron chi connectivity index (χ3n) is 2.83. The van der Waals surface area contributed by atoms with Crippen LogP contribution in [0, 0.1) is 0 Å². The topological polar surface area (TPSA) is 73.3 Å². The fourth-order valence-corrected chi connectivity index (χ4v) is 1.78. The number of hydrogen-bond donors (Lipinski definition) is 2. The van der Waals surface area contributed by atoms with Crippen LogP contribution < -0.4 is 10.5 Å². The molecule has 0 saturated carbocycles. The van der Waals surface area contributed by atoms with Crippen LogP contribution in [0.5, 0.6) is 5.75 Å². The molecule has 2 rings (SSSR count). The lowest BCUT2D eigenvalue weighted by Crippen LogP contribution is -2.07. The minimum absolute atomic E-state index is 0.0818. The number of nitrogen functional groups attached to an aromatic ring is 1. The molecule has 1 aromatic carbocycles. The average Bonchev–Trinajstić information content (AvgIpc) is 2.73. The number of hydrogen-bond acceptors (Lipinski definition) is 4. The lowest BCUT2D eigenvalue weighted by atomic mass is 10.2. The number of benzene rings is 1. The van der Waals surface area contributed by atoms with Crippen LogP contribution >= 0.6 is 0 Å². The molecule has 0 unspecified atom stereocenters. The van der Waals surface area contributed by atoms with Gasteiger partial charge in [0, 0.05) is 18.6 Å². The molecule has 0 amide bonds. The summed E-state index contributed by atoms with van der Waals surface area (Å²) in [6.45, 7) is 0.694. The number of aliphatic hydroxyl groups is 1. The van der Waals surface area contributed by atoms with Crippen LogP contribution in [0.1, 0.15) is 11.1 Å². The Morgan fingerprint density at radius 3 is 2.67 bits per heavy atom. The Hall–Kier alpha value is -2.01. The molecule has 0 fully saturated rings. The molecule has 0 aliphatic heterocycles. The van der Waals surface area contributed by atoms with Gasteiger partial charge in [-0.3, -0.25) is 0 Å². The largest absolute Gasteiger partial charge is 0.497 e. The van der Waals surface area contributed by atoms with E-state index in [0.717, 1.165) is 16.9 Å². The van der Waals surface area contributed by atoms with Crippen molar-refractivity contribution in [2.75, 3.05) is 19.5 Å². The Bertz CT molecular complexity index is 505. The summed E-state index contributed by atoms with van der Waals surface area (Å²) in [4.78, 5) is 0. The van der Waals surface area contributed by atoms with Gasteiger partial charge in [0.05, 0.1) is 19.9 Å². The van der Waals surface area contributed by atoms with Gasteiger partial charge in [-0.2, -0.15) is 5.10 Å². The first-order chi connectivity index (χ1) is 8.74. The Morgan fingerprint density at radius 2 is 2.06 bits per heavy atom. The summed E-state index contributed by atoms with van der Waals surface area (Å²) in [5.74, 6) is 1.44. The number of nitrogens with two attached hydrogens (primary N) is 1. The molecule has 5 heteroatoms. The molecule has 18 heavy (non-hydrogen) atoms. The maximum absolute atomic E-state index is 8.89. The SMILES string of the molecule is COc1ccc(Cn2ncc(CCO)c2N)cc1. The highest BCUT2D eigenvalue weighted by Gasteiger charge is 2.07. The molecule has 0 radical (unpaired) electrons. The number of methoxy groups -OCH3 is 1. The number of aromatic nitrogens is 2. The Kier molecular flexibility index (Phi) is 3.84. The summed E-state index contributed by atoms with van der Waals surface area (Å²) >= 11 is 0. The minimum atomic E-state index is 0.0818. The van der Waals surface area contributed by atoms with Gasteiger partial charge in [-0.25, -0.2) is 4.68 Å². The van der Waals surface area contributed by atoms with Crippen molar-refractivity contribution in [1.82, 2.24) is 9.78 Å². The molecule has 0 spiro atoms. The molecule has 1 aromatic heterocycles. The van der Waals surface area contributed by atoms with Crippen molar-refractivity contribution in [3.05, 3.63) is 41.6 Å². The number of aliphatic hydroxyl groups excluding tert-OH is 1. The third-order valence-corrected chi connectivity index (χ3v) is 2.83. The summed E-state index contributed by atoms with van der Waals surface area (Å²) in [6.07, 6.45) is 2.24. The predicted molar refractivity (Wildman–Crippen MR) is 69.5 cm³/mol. The van der Waals surface area contributed by atoms with Crippen LogP contribution in [0.3, 0.4) is 0 Å². The van der Waals surface area contributed by atoms with Crippen LogP contribution in [0.2, 0.25) is 0 Å². The van der Waals surface area contributed by atoms with Gasteiger partial charge in [-0.1, -0.05) is 12.1 Å². The second-order valence-corrected chi connectivity index (χ2v) is 4.03. The van der Waals surface area contributed by atoms with Crippen molar-refractivity contribution in [2.24, 2.45) is 0 Å². The highest BCUT2D eigenvalue weighted by atomic mass is 16.5. The van der Waals surface area contributed by atoms with Crippen LogP contribution in [0.4, 0.5) is 5.82 Å². The van der Waals surface area contributed by atoms with Gasteiger partial charge < -0.3 is 15.6 Å². The van der Waals surface area contributed by atoms with Crippen LogP contribution in [-0.4, -0.2) is 28.6 Å². The third kappa shape index (κ3) is 2.62. The fourth-order valence-electron chi connectivity index (χ4n) is 1.78. The summed E-state index contributed by atoms with van der Waals surface area (Å²) in [6, 6.07) is 7.77. The van der Waals surface area contributed by atoms with Crippen LogP contribution in [0.15, 0.2) is 30.5 Å². The highest BCUT2D eigenvalue weighted by Crippen LogP contribution is 2.16. The first kappa shape index (κ1) is 12.4. The van der Waals surface area contributed by atoms with Gasteiger partial charge in [0.1, 0.15) is 11.6 Å². The number of ether oxygens (including phenoxy) is 1. The number of nitrogens with zero attached hydrogens (tertiary/aromatic N) is 2. The zero-order chi connectivity index (χ0) is 13.0. The zero-order valence-corrected chi connectivity index (χ0v) is 10.3. The van der Waals surface area contributed by atoms with E-state index in [1.807, 2.05) is 24.3 Å². The molecule has 0 bridgehead atoms. The van der Waals surface area contributed by atoms with Gasteiger partial charge in [0.15, 0.2) is 0 Å². The standard InChI is InChI=1S/C13H17N3O2/c1-18-12-4-2-10(3-5-12)9-16-13(14)11(6-7-17)8-15-16/h2-5,8,17H,6-7,9,14H2,1H3. The number of anilines is 1. The molecule has 0 saturated heterocycles.